The van der Waals surface area contributed by atoms with Crippen molar-refractivity contribution in [3.63, 3.8) is 0 Å². The van der Waals surface area contributed by atoms with Crippen LogP contribution in [0.2, 0.25) is 0 Å². The van der Waals surface area contributed by atoms with Crippen LogP contribution in [0.4, 0.5) is 0 Å². The third-order valence-electron chi connectivity index (χ3n) is 3.10. The fourth-order valence-corrected chi connectivity index (χ4v) is 1.88. The molecular weight excluding hydrogens is 230 g/mol. The molecule has 0 aliphatic rings. The molecule has 18 heavy (non-hydrogen) atoms. The van der Waals surface area contributed by atoms with Crippen LogP contribution in [0, 0.1) is 0 Å². The van der Waals surface area contributed by atoms with Crippen molar-refractivity contribution in [1.29, 1.82) is 0 Å². The van der Waals surface area contributed by atoms with Gasteiger partial charge in [-0.3, -0.25) is 9.59 Å². The normalized spacial score (nSPS) is 11.9. The summed E-state index contributed by atoms with van der Waals surface area (Å²) in [6.07, 6.45) is 2.44. The number of nitrogens with zero attached hydrogens (tertiary/aromatic N) is 1. The molecule has 1 aromatic rings. The summed E-state index contributed by atoms with van der Waals surface area (Å²) in [6.45, 7) is 3.99. The molecule has 0 spiro atoms. The Balaban J connectivity index is 3.07. The summed E-state index contributed by atoms with van der Waals surface area (Å²) in [6, 6.07) is 4.56. The van der Waals surface area contributed by atoms with Gasteiger partial charge in [-0.1, -0.05) is 25.5 Å². The Labute approximate surface area is 107 Å². The molecule has 1 amide bonds. The number of benzene rings is 1. The number of aromatic hydroxyl groups is 1. The fraction of sp³-hybridized carbons (Fsp3) is 0.429. The van der Waals surface area contributed by atoms with Crippen LogP contribution in [0.3, 0.4) is 0 Å². The van der Waals surface area contributed by atoms with Crippen molar-refractivity contribution in [2.75, 3.05) is 7.05 Å². The number of phenolic OH excluding ortho intramolecular Hbond substituents is 1. The highest BCUT2D eigenvalue weighted by Crippen LogP contribution is 2.22. The smallest absolute Gasteiger partial charge is 0.258 e. The number of carbonyl (C=O) groups excluding carboxylic acids is 2. The highest BCUT2D eigenvalue weighted by molar-refractivity contribution is 6.03. The van der Waals surface area contributed by atoms with Crippen LogP contribution in [0.25, 0.3) is 0 Å². The minimum Gasteiger partial charge on any atom is -0.507 e. The van der Waals surface area contributed by atoms with Crippen LogP contribution in [0.1, 0.15) is 47.4 Å². The van der Waals surface area contributed by atoms with E-state index in [4.69, 9.17) is 0 Å². The number of phenols is 1. The van der Waals surface area contributed by atoms with Gasteiger partial charge in [-0.05, 0) is 19.4 Å². The highest BCUT2D eigenvalue weighted by Gasteiger charge is 2.22. The fourth-order valence-electron chi connectivity index (χ4n) is 1.88. The van der Waals surface area contributed by atoms with Gasteiger partial charge in [-0.25, -0.2) is 0 Å². The van der Waals surface area contributed by atoms with Gasteiger partial charge in [0.05, 0.1) is 5.56 Å². The number of carbonyl (C=O) groups is 2. The minimum atomic E-state index is -0.323. The zero-order valence-corrected chi connectivity index (χ0v) is 11.0. The molecule has 1 atom stereocenters. The lowest BCUT2D eigenvalue weighted by atomic mass is 10.0. The number of hydrogen-bond acceptors (Lipinski definition) is 3. The van der Waals surface area contributed by atoms with E-state index >= 15 is 0 Å². The van der Waals surface area contributed by atoms with Gasteiger partial charge >= 0.3 is 0 Å². The average Bonchev–Trinajstić information content (AvgIpc) is 2.36. The largest absolute Gasteiger partial charge is 0.507 e. The van der Waals surface area contributed by atoms with Gasteiger partial charge in [0.1, 0.15) is 5.75 Å². The van der Waals surface area contributed by atoms with Gasteiger partial charge < -0.3 is 10.0 Å². The molecule has 0 heterocycles. The van der Waals surface area contributed by atoms with Gasteiger partial charge in [-0.2, -0.15) is 0 Å². The molecule has 0 saturated carbocycles. The van der Waals surface area contributed by atoms with Gasteiger partial charge in [-0.15, -0.1) is 0 Å². The van der Waals surface area contributed by atoms with Gasteiger partial charge in [0.2, 0.25) is 0 Å². The number of rotatable bonds is 5. The molecule has 4 nitrogen and oxygen atoms in total. The SMILES string of the molecule is CCCC(C)N(C)C(=O)c1c(O)cccc1C=O. The summed E-state index contributed by atoms with van der Waals surface area (Å²) in [7, 11) is 1.68. The second kappa shape index (κ2) is 6.19. The van der Waals surface area contributed by atoms with Crippen molar-refractivity contribution >= 4 is 12.2 Å². The lowest BCUT2D eigenvalue weighted by Gasteiger charge is -2.25. The van der Waals surface area contributed by atoms with Gasteiger partial charge in [0.15, 0.2) is 6.29 Å². The third kappa shape index (κ3) is 2.88. The second-order valence-corrected chi connectivity index (χ2v) is 4.41. The summed E-state index contributed by atoms with van der Waals surface area (Å²) < 4.78 is 0. The molecule has 1 rings (SSSR count). The van der Waals surface area contributed by atoms with Crippen molar-refractivity contribution in [2.45, 2.75) is 32.7 Å². The predicted molar refractivity (Wildman–Crippen MR) is 70.0 cm³/mol. The zero-order chi connectivity index (χ0) is 13.7. The van der Waals surface area contributed by atoms with Crippen LogP contribution < -0.4 is 0 Å². The van der Waals surface area contributed by atoms with Crippen LogP contribution in [-0.4, -0.2) is 35.3 Å². The summed E-state index contributed by atoms with van der Waals surface area (Å²) in [5.41, 5.74) is 0.300. The summed E-state index contributed by atoms with van der Waals surface area (Å²) in [4.78, 5) is 24.7. The van der Waals surface area contributed by atoms with E-state index in [2.05, 4.69) is 0 Å². The Morgan fingerprint density at radius 1 is 1.50 bits per heavy atom. The van der Waals surface area contributed by atoms with Crippen molar-refractivity contribution in [3.05, 3.63) is 29.3 Å². The second-order valence-electron chi connectivity index (χ2n) is 4.41. The molecule has 98 valence electrons. The van der Waals surface area contributed by atoms with Crippen molar-refractivity contribution in [3.8, 4) is 5.75 Å². The van der Waals surface area contributed by atoms with E-state index < -0.39 is 0 Å². The molecule has 0 aliphatic carbocycles. The molecule has 1 unspecified atom stereocenters. The van der Waals surface area contributed by atoms with Crippen LogP contribution in [-0.2, 0) is 0 Å². The maximum absolute atomic E-state index is 12.3. The molecule has 0 saturated heterocycles. The van der Waals surface area contributed by atoms with Crippen LogP contribution in [0.15, 0.2) is 18.2 Å². The van der Waals surface area contributed by atoms with Crippen molar-refractivity contribution in [2.24, 2.45) is 0 Å². The van der Waals surface area contributed by atoms with Crippen LogP contribution >= 0.6 is 0 Å². The number of hydrogen-bond donors (Lipinski definition) is 1. The van der Waals surface area contributed by atoms with E-state index in [0.29, 0.717) is 6.29 Å². The van der Waals surface area contributed by atoms with E-state index in [1.165, 1.54) is 12.1 Å². The Hall–Kier alpha value is -1.84. The lowest BCUT2D eigenvalue weighted by molar-refractivity contribution is 0.0731. The zero-order valence-electron chi connectivity index (χ0n) is 11.0. The minimum absolute atomic E-state index is 0.0709. The van der Waals surface area contributed by atoms with E-state index in [9.17, 15) is 14.7 Å². The Morgan fingerprint density at radius 2 is 2.17 bits per heavy atom. The molecule has 4 heteroatoms. The molecule has 0 bridgehead atoms. The first kappa shape index (κ1) is 14.2. The Kier molecular flexibility index (Phi) is 4.89. The van der Waals surface area contributed by atoms with E-state index in [1.54, 1.807) is 18.0 Å². The summed E-state index contributed by atoms with van der Waals surface area (Å²) in [5.74, 6) is -0.476. The Morgan fingerprint density at radius 3 is 2.72 bits per heavy atom. The quantitative estimate of drug-likeness (QED) is 0.815. The van der Waals surface area contributed by atoms with Gasteiger partial charge in [0, 0.05) is 18.7 Å². The standard InChI is InChI=1S/C14H19NO3/c1-4-6-10(2)15(3)14(18)13-11(9-16)7-5-8-12(13)17/h5,7-10,17H,4,6H2,1-3H3. The first-order valence-corrected chi connectivity index (χ1v) is 6.07. The number of amides is 1. The van der Waals surface area contributed by atoms with E-state index in [-0.39, 0.29) is 28.8 Å². The van der Waals surface area contributed by atoms with Crippen molar-refractivity contribution in [1.82, 2.24) is 4.90 Å². The third-order valence-corrected chi connectivity index (χ3v) is 3.10. The molecule has 0 fully saturated rings. The monoisotopic (exact) mass is 249 g/mol. The van der Waals surface area contributed by atoms with E-state index in [0.717, 1.165) is 12.8 Å². The maximum atomic E-state index is 12.3. The maximum Gasteiger partial charge on any atom is 0.258 e. The van der Waals surface area contributed by atoms with Gasteiger partial charge in [0.25, 0.3) is 5.91 Å². The number of aldehydes is 1. The molecule has 0 radical (unpaired) electrons. The predicted octanol–water partition coefficient (Wildman–Crippen LogP) is 2.47. The van der Waals surface area contributed by atoms with E-state index in [1.807, 2.05) is 13.8 Å². The Bertz CT molecular complexity index is 443. The summed E-state index contributed by atoms with van der Waals surface area (Å²) >= 11 is 0. The average molecular weight is 249 g/mol. The molecular formula is C14H19NO3. The molecule has 0 aliphatic heterocycles. The summed E-state index contributed by atoms with van der Waals surface area (Å²) in [5, 5.41) is 9.75. The highest BCUT2D eigenvalue weighted by atomic mass is 16.3. The molecule has 0 aromatic heterocycles. The van der Waals surface area contributed by atoms with Crippen molar-refractivity contribution < 1.29 is 14.7 Å². The first-order valence-electron chi connectivity index (χ1n) is 6.07. The topological polar surface area (TPSA) is 57.6 Å². The first-order chi connectivity index (χ1) is 8.52. The lowest BCUT2D eigenvalue weighted by Crippen LogP contribution is -2.35. The molecule has 1 aromatic carbocycles. The van der Waals surface area contributed by atoms with Crippen LogP contribution in [0.5, 0.6) is 5.75 Å². The molecule has 1 N–H and O–H groups in total.